The Bertz CT molecular complexity index is 19.4. The van der Waals surface area contributed by atoms with Gasteiger partial charge in [-0.05, 0) is 0 Å². The van der Waals surface area contributed by atoms with E-state index in [4.69, 9.17) is 0 Å². The van der Waals surface area contributed by atoms with Crippen LogP contribution in [0.5, 0.6) is 0 Å². The fourth-order valence-electron chi connectivity index (χ4n) is 0. The molecular weight excluding hydrogens is 634 g/mol. The molecule has 0 fully saturated rings. The summed E-state index contributed by atoms with van der Waals surface area (Å²) in [5.41, 5.74) is 0. The summed E-state index contributed by atoms with van der Waals surface area (Å²) in [6.45, 7) is 0. The van der Waals surface area contributed by atoms with E-state index in [0.29, 0.717) is 0 Å². The summed E-state index contributed by atoms with van der Waals surface area (Å²) >= 11 is 0. The van der Waals surface area contributed by atoms with E-state index < -0.39 is 0 Å². The van der Waals surface area contributed by atoms with Crippen molar-refractivity contribution in [2.45, 2.75) is 0 Å². The van der Waals surface area contributed by atoms with Gasteiger partial charge >= 0.3 is 99.5 Å². The van der Waals surface area contributed by atoms with Crippen LogP contribution < -0.4 is 0 Å². The van der Waals surface area contributed by atoms with Gasteiger partial charge in [0.15, 0.2) is 0 Å². The summed E-state index contributed by atoms with van der Waals surface area (Å²) in [5.74, 6) is 0. The summed E-state index contributed by atoms with van der Waals surface area (Å²) in [7, 11) is 0. The molecule has 7 nitrogen and oxygen atoms in total. The summed E-state index contributed by atoms with van der Waals surface area (Å²) in [6.07, 6.45) is 0. The molecule has 5 radical (unpaired) electrons. The fourth-order valence-corrected chi connectivity index (χ4v) is 0. The Kier molecular flexibility index (Phi) is 4530. The third-order valence-corrected chi connectivity index (χ3v) is 0. The van der Waals surface area contributed by atoms with Crippen LogP contribution in [0.15, 0.2) is 0 Å². The molecule has 0 heterocycles. The van der Waals surface area contributed by atoms with Gasteiger partial charge in [0.1, 0.15) is 0 Å². The first kappa shape index (κ1) is 259. The predicted molar refractivity (Wildman–Crippen MR) is 62.3 cm³/mol. The predicted octanol–water partition coefficient (Wildman–Crippen LogP) is -9.98. The standard InChI is InChI=1S/2In.Mn.7H2O.2Sn.10H/h;;;7*1H2;;;;;;;;;;;;. The van der Waals surface area contributed by atoms with Gasteiger partial charge in [-0.25, -0.2) is 0 Å². The van der Waals surface area contributed by atoms with Gasteiger partial charge in [0.25, 0.3) is 0 Å². The zero-order valence-electron chi connectivity index (χ0n) is 5.29. The van der Waals surface area contributed by atoms with E-state index >= 15 is 0 Å². The van der Waals surface area contributed by atoms with Crippen molar-refractivity contribution >= 4 is 99.5 Å². The first-order chi connectivity index (χ1) is 0. The van der Waals surface area contributed by atoms with Crippen LogP contribution in [0.1, 0.15) is 0 Å². The van der Waals surface area contributed by atoms with Crippen LogP contribution in [0.25, 0.3) is 0 Å². The molecule has 12 heavy (non-hydrogen) atoms. The summed E-state index contributed by atoms with van der Waals surface area (Å²) in [6, 6.07) is 0. The Balaban J connectivity index is 0. The maximum absolute atomic E-state index is 0. The van der Waals surface area contributed by atoms with Gasteiger partial charge in [-0.2, -0.15) is 0 Å². The average Bonchev–Trinajstić information content (AvgIpc) is 0. The molecule has 14 N–H and O–H groups in total. The number of hydrogen-bond donors (Lipinski definition) is 0. The third-order valence-electron chi connectivity index (χ3n) is 0. The van der Waals surface area contributed by atoms with Crippen molar-refractivity contribution in [3.8, 4) is 0 Å². The Hall–Kier alpha value is 3.58. The molecule has 0 bridgehead atoms. The molecule has 0 aliphatic rings. The van der Waals surface area contributed by atoms with Gasteiger partial charge in [0.05, 0.1) is 0 Å². The van der Waals surface area contributed by atoms with Gasteiger partial charge in [-0.1, -0.05) is 0 Å². The van der Waals surface area contributed by atoms with E-state index in [-0.39, 0.29) is 155 Å². The first-order valence-electron chi connectivity index (χ1n) is 0. The van der Waals surface area contributed by atoms with Crippen LogP contribution in [0, 0.1) is 0 Å². The molecule has 0 aromatic heterocycles. The molecule has 0 spiro atoms. The van der Waals surface area contributed by atoms with Gasteiger partial charge in [0, 0.05) is 17.1 Å². The van der Waals surface area contributed by atoms with Crippen molar-refractivity contribution in [1.82, 2.24) is 0 Å². The molecule has 0 saturated carbocycles. The molecule has 87 valence electrons. The quantitative estimate of drug-likeness (QED) is 0.222. The van der Waals surface area contributed by atoms with Crippen molar-refractivity contribution < 1.29 is 55.4 Å². The Morgan fingerprint density at radius 1 is 0.333 bits per heavy atom. The van der Waals surface area contributed by atoms with Gasteiger partial charge in [0.2, 0.25) is 0 Å². The maximum atomic E-state index is 0. The molecule has 0 atom stereocenters. The van der Waals surface area contributed by atoms with Crippen molar-refractivity contribution in [3.05, 3.63) is 0 Å². The third kappa shape index (κ3) is 168. The minimum absolute atomic E-state index is 0. The van der Waals surface area contributed by atoms with Gasteiger partial charge < -0.3 is 38.3 Å². The van der Waals surface area contributed by atoms with E-state index in [1.54, 1.807) is 0 Å². The van der Waals surface area contributed by atoms with E-state index in [2.05, 4.69) is 0 Å². The molecule has 0 aliphatic carbocycles. The van der Waals surface area contributed by atoms with Crippen LogP contribution in [0.4, 0.5) is 0 Å². The van der Waals surface area contributed by atoms with E-state index in [9.17, 15) is 0 Å². The van der Waals surface area contributed by atoms with Gasteiger partial charge in [-0.3, -0.25) is 0 Å². The van der Waals surface area contributed by atoms with Crippen LogP contribution in [-0.2, 0) is 17.1 Å². The molecule has 0 aromatic rings. The molecule has 0 unspecified atom stereocenters. The zero-order chi connectivity index (χ0) is 0. The molecule has 0 rings (SSSR count). The zero-order valence-corrected chi connectivity index (χ0v) is 14.5. The van der Waals surface area contributed by atoms with Crippen LogP contribution in [0.2, 0.25) is 0 Å². The van der Waals surface area contributed by atoms with E-state index in [1.807, 2.05) is 0 Å². The van der Waals surface area contributed by atoms with Crippen LogP contribution >= 0.6 is 0 Å². The fraction of sp³-hybridized carbons (Fsp3) is 0. The number of rotatable bonds is 0. The Labute approximate surface area is 152 Å². The molecule has 0 aliphatic heterocycles. The minimum atomic E-state index is 0. The average molecular weight is 658 g/mol. The van der Waals surface area contributed by atoms with Crippen molar-refractivity contribution in [3.63, 3.8) is 0 Å². The first-order valence-corrected chi connectivity index (χ1v) is 0. The van der Waals surface area contributed by atoms with Gasteiger partial charge in [-0.15, -0.1) is 0 Å². The Morgan fingerprint density at radius 3 is 0.333 bits per heavy atom. The molecular formula is H24In2MnO7Sn2. The van der Waals surface area contributed by atoms with E-state index in [1.165, 1.54) is 0 Å². The summed E-state index contributed by atoms with van der Waals surface area (Å²) in [5, 5.41) is 0. The van der Waals surface area contributed by atoms with Crippen LogP contribution in [-0.4, -0.2) is 138 Å². The normalized spacial score (nSPS) is 0. The number of hydrogen-bond acceptors (Lipinski definition) is 0. The summed E-state index contributed by atoms with van der Waals surface area (Å²) < 4.78 is 0. The van der Waals surface area contributed by atoms with Crippen molar-refractivity contribution in [2.24, 2.45) is 0 Å². The molecule has 0 saturated heterocycles. The second kappa shape index (κ2) is 210. The second-order valence-corrected chi connectivity index (χ2v) is 0. The second-order valence-electron chi connectivity index (χ2n) is 0. The summed E-state index contributed by atoms with van der Waals surface area (Å²) in [4.78, 5) is 0. The molecule has 0 amide bonds. The van der Waals surface area contributed by atoms with Crippen LogP contribution in [0.3, 0.4) is 0 Å². The van der Waals surface area contributed by atoms with Crippen molar-refractivity contribution in [1.29, 1.82) is 0 Å². The molecule has 12 heteroatoms. The molecule has 0 aromatic carbocycles. The topological polar surface area (TPSA) is 220 Å². The van der Waals surface area contributed by atoms with Crippen molar-refractivity contribution in [2.75, 3.05) is 0 Å². The SMILES string of the molecule is O.O.O.O.O.O.O.[InH3].[InH3].[Mn].[SnH2].[SnH2]. The van der Waals surface area contributed by atoms with E-state index in [0.717, 1.165) is 0 Å². The monoisotopic (exact) mass is 661 g/mol. The Morgan fingerprint density at radius 2 is 0.333 bits per heavy atom.